The minimum absolute atomic E-state index is 0.0948. The molecule has 0 saturated carbocycles. The van der Waals surface area contributed by atoms with E-state index in [1.54, 1.807) is 15.6 Å². The maximum Gasteiger partial charge on any atom is 0.277 e. The number of amides is 1. The fourth-order valence-corrected chi connectivity index (χ4v) is 3.05. The van der Waals surface area contributed by atoms with Crippen molar-refractivity contribution in [2.75, 3.05) is 11.4 Å². The van der Waals surface area contributed by atoms with E-state index in [0.29, 0.717) is 37.1 Å². The Morgan fingerprint density at radius 3 is 2.73 bits per heavy atom. The summed E-state index contributed by atoms with van der Waals surface area (Å²) in [5.74, 6) is 1.05. The van der Waals surface area contributed by atoms with Crippen molar-refractivity contribution < 1.29 is 9.53 Å². The summed E-state index contributed by atoms with van der Waals surface area (Å²) in [6.07, 6.45) is 0.814. The molecule has 0 spiro atoms. The number of carbonyl (C=O) groups excluding carboxylic acids is 1. The maximum absolute atomic E-state index is 13.0. The summed E-state index contributed by atoms with van der Waals surface area (Å²) in [6.45, 7) is 3.65. The van der Waals surface area contributed by atoms with Gasteiger partial charge in [-0.25, -0.2) is 4.98 Å². The van der Waals surface area contributed by atoms with Crippen LogP contribution in [-0.4, -0.2) is 27.2 Å². The zero-order valence-electron chi connectivity index (χ0n) is 14.6. The molecule has 0 unspecified atom stereocenters. The molecule has 1 aliphatic rings. The van der Waals surface area contributed by atoms with Gasteiger partial charge in [-0.3, -0.25) is 14.4 Å². The van der Waals surface area contributed by atoms with Crippen LogP contribution in [0.25, 0.3) is 0 Å². The number of carbonyl (C=O) groups is 1. The molecule has 6 heteroatoms. The fourth-order valence-electron chi connectivity index (χ4n) is 3.05. The second kappa shape index (κ2) is 7.00. The SMILES string of the molecule is Cc1cccc(N2CCCn3nc(OCc4ccccc4)cc3C2=O)n1. The Balaban J connectivity index is 1.56. The van der Waals surface area contributed by atoms with Crippen LogP contribution in [0.5, 0.6) is 5.88 Å². The zero-order chi connectivity index (χ0) is 17.9. The van der Waals surface area contributed by atoms with E-state index in [0.717, 1.165) is 17.7 Å². The van der Waals surface area contributed by atoms with Gasteiger partial charge >= 0.3 is 0 Å². The molecule has 1 amide bonds. The molecule has 4 rings (SSSR count). The number of hydrogen-bond donors (Lipinski definition) is 0. The third kappa shape index (κ3) is 3.31. The third-order valence-electron chi connectivity index (χ3n) is 4.35. The van der Waals surface area contributed by atoms with Gasteiger partial charge in [0, 0.05) is 24.8 Å². The summed E-state index contributed by atoms with van der Waals surface area (Å²) in [5.41, 5.74) is 2.49. The van der Waals surface area contributed by atoms with Gasteiger partial charge in [0.1, 0.15) is 18.1 Å². The number of rotatable bonds is 4. The van der Waals surface area contributed by atoms with Crippen molar-refractivity contribution in [3.8, 4) is 5.88 Å². The average Bonchev–Trinajstić information content (AvgIpc) is 3.00. The second-order valence-corrected chi connectivity index (χ2v) is 6.31. The van der Waals surface area contributed by atoms with E-state index in [1.807, 2.05) is 55.5 Å². The first-order chi connectivity index (χ1) is 12.7. The predicted molar refractivity (Wildman–Crippen MR) is 98.3 cm³/mol. The first-order valence-corrected chi connectivity index (χ1v) is 8.71. The van der Waals surface area contributed by atoms with E-state index in [2.05, 4.69) is 10.1 Å². The standard InChI is InChI=1S/C20H20N4O2/c1-15-7-5-10-18(21-15)23-11-6-12-24-17(20(23)25)13-19(22-24)26-14-16-8-3-2-4-9-16/h2-5,7-10,13H,6,11-12,14H2,1H3. The van der Waals surface area contributed by atoms with Gasteiger partial charge in [0.25, 0.3) is 5.91 Å². The fraction of sp³-hybridized carbons (Fsp3) is 0.250. The van der Waals surface area contributed by atoms with Crippen LogP contribution in [0.3, 0.4) is 0 Å². The molecule has 0 fully saturated rings. The van der Waals surface area contributed by atoms with E-state index in [9.17, 15) is 4.79 Å². The molecule has 0 radical (unpaired) electrons. The van der Waals surface area contributed by atoms with Crippen LogP contribution in [0, 0.1) is 6.92 Å². The molecule has 3 heterocycles. The number of aryl methyl sites for hydroxylation is 2. The Morgan fingerprint density at radius 1 is 1.08 bits per heavy atom. The molecule has 0 saturated heterocycles. The van der Waals surface area contributed by atoms with Crippen molar-refractivity contribution in [3.63, 3.8) is 0 Å². The zero-order valence-corrected chi connectivity index (χ0v) is 14.6. The van der Waals surface area contributed by atoms with Crippen LogP contribution in [0.4, 0.5) is 5.82 Å². The van der Waals surface area contributed by atoms with E-state index >= 15 is 0 Å². The monoisotopic (exact) mass is 348 g/mol. The number of hydrogen-bond acceptors (Lipinski definition) is 4. The van der Waals surface area contributed by atoms with Gasteiger partial charge in [0.15, 0.2) is 0 Å². The first kappa shape index (κ1) is 16.3. The van der Waals surface area contributed by atoms with Crippen LogP contribution in [0.15, 0.2) is 54.6 Å². The Kier molecular flexibility index (Phi) is 4.39. The third-order valence-corrected chi connectivity index (χ3v) is 4.35. The number of benzene rings is 1. The molecular formula is C20H20N4O2. The van der Waals surface area contributed by atoms with Crippen molar-refractivity contribution >= 4 is 11.7 Å². The van der Waals surface area contributed by atoms with Crippen LogP contribution >= 0.6 is 0 Å². The molecule has 0 aliphatic carbocycles. The minimum Gasteiger partial charge on any atom is -0.472 e. The quantitative estimate of drug-likeness (QED) is 0.726. The predicted octanol–water partition coefficient (Wildman–Crippen LogP) is 3.22. The number of anilines is 1. The highest BCUT2D eigenvalue weighted by atomic mass is 16.5. The smallest absolute Gasteiger partial charge is 0.277 e. The molecule has 0 N–H and O–H groups in total. The van der Waals surface area contributed by atoms with Gasteiger partial charge in [0.2, 0.25) is 5.88 Å². The summed E-state index contributed by atoms with van der Waals surface area (Å²) in [7, 11) is 0. The van der Waals surface area contributed by atoms with Gasteiger partial charge in [-0.2, -0.15) is 0 Å². The van der Waals surface area contributed by atoms with Crippen molar-refractivity contribution in [3.05, 3.63) is 71.5 Å². The lowest BCUT2D eigenvalue weighted by atomic mass is 10.2. The van der Waals surface area contributed by atoms with Crippen LogP contribution < -0.4 is 9.64 Å². The molecule has 1 aromatic carbocycles. The van der Waals surface area contributed by atoms with Crippen molar-refractivity contribution in [1.82, 2.24) is 14.8 Å². The topological polar surface area (TPSA) is 60.2 Å². The highest BCUT2D eigenvalue weighted by molar-refractivity contribution is 6.04. The highest BCUT2D eigenvalue weighted by Gasteiger charge is 2.26. The van der Waals surface area contributed by atoms with Crippen LogP contribution in [-0.2, 0) is 13.2 Å². The molecule has 3 aromatic rings. The summed E-state index contributed by atoms with van der Waals surface area (Å²) >= 11 is 0. The minimum atomic E-state index is -0.0948. The van der Waals surface area contributed by atoms with E-state index < -0.39 is 0 Å². The molecular weight excluding hydrogens is 328 g/mol. The summed E-state index contributed by atoms with van der Waals surface area (Å²) in [6, 6.07) is 17.3. The number of ether oxygens (including phenoxy) is 1. The summed E-state index contributed by atoms with van der Waals surface area (Å²) in [4.78, 5) is 19.2. The first-order valence-electron chi connectivity index (χ1n) is 8.71. The number of aromatic nitrogens is 3. The van der Waals surface area contributed by atoms with Gasteiger partial charge < -0.3 is 4.74 Å². The van der Waals surface area contributed by atoms with Crippen molar-refractivity contribution in [1.29, 1.82) is 0 Å². The summed E-state index contributed by atoms with van der Waals surface area (Å²) < 4.78 is 7.51. The molecule has 6 nitrogen and oxygen atoms in total. The highest BCUT2D eigenvalue weighted by Crippen LogP contribution is 2.22. The number of pyridine rings is 1. The van der Waals surface area contributed by atoms with E-state index in [4.69, 9.17) is 4.74 Å². The lowest BCUT2D eigenvalue weighted by Crippen LogP contribution is -2.31. The van der Waals surface area contributed by atoms with Gasteiger partial charge in [-0.1, -0.05) is 36.4 Å². The van der Waals surface area contributed by atoms with Crippen LogP contribution in [0.1, 0.15) is 28.2 Å². The van der Waals surface area contributed by atoms with E-state index in [1.165, 1.54) is 0 Å². The average molecular weight is 348 g/mol. The number of fused-ring (bicyclic) bond motifs is 1. The Bertz CT molecular complexity index is 921. The number of nitrogens with zero attached hydrogens (tertiary/aromatic N) is 4. The molecule has 132 valence electrons. The van der Waals surface area contributed by atoms with Gasteiger partial charge in [-0.15, -0.1) is 5.10 Å². The Morgan fingerprint density at radius 2 is 1.92 bits per heavy atom. The molecule has 26 heavy (non-hydrogen) atoms. The van der Waals surface area contributed by atoms with Gasteiger partial charge in [-0.05, 0) is 31.0 Å². The Labute approximate surface area is 152 Å². The second-order valence-electron chi connectivity index (χ2n) is 6.31. The lowest BCUT2D eigenvalue weighted by Gasteiger charge is -2.19. The molecule has 0 bridgehead atoms. The van der Waals surface area contributed by atoms with Crippen LogP contribution in [0.2, 0.25) is 0 Å². The molecule has 1 aliphatic heterocycles. The maximum atomic E-state index is 13.0. The molecule has 2 aromatic heterocycles. The lowest BCUT2D eigenvalue weighted by molar-refractivity contribution is 0.0981. The van der Waals surface area contributed by atoms with E-state index in [-0.39, 0.29) is 5.91 Å². The van der Waals surface area contributed by atoms with Gasteiger partial charge in [0.05, 0.1) is 0 Å². The summed E-state index contributed by atoms with van der Waals surface area (Å²) in [5, 5.41) is 4.45. The largest absolute Gasteiger partial charge is 0.472 e. The Hall–Kier alpha value is -3.15. The molecule has 0 atom stereocenters. The van der Waals surface area contributed by atoms with Crippen molar-refractivity contribution in [2.45, 2.75) is 26.5 Å². The van der Waals surface area contributed by atoms with Crippen molar-refractivity contribution in [2.24, 2.45) is 0 Å². The normalized spacial score (nSPS) is 14.0.